The highest BCUT2D eigenvalue weighted by atomic mass is 32.2. The minimum atomic E-state index is -0.700. The van der Waals surface area contributed by atoms with Gasteiger partial charge in [-0.15, -0.1) is 11.8 Å². The summed E-state index contributed by atoms with van der Waals surface area (Å²) in [7, 11) is 0. The van der Waals surface area contributed by atoms with Gasteiger partial charge < -0.3 is 9.47 Å². The molecule has 7 nitrogen and oxygen atoms in total. The third kappa shape index (κ3) is 4.75. The predicted molar refractivity (Wildman–Crippen MR) is 147 cm³/mol. The van der Waals surface area contributed by atoms with Gasteiger partial charge in [0.2, 0.25) is 0 Å². The quantitative estimate of drug-likeness (QED) is 0.281. The van der Waals surface area contributed by atoms with Crippen LogP contribution in [0.3, 0.4) is 0 Å². The maximum absolute atomic E-state index is 15.1. The summed E-state index contributed by atoms with van der Waals surface area (Å²) >= 11 is 2.81. The smallest absolute Gasteiger partial charge is 0.411 e. The minimum absolute atomic E-state index is 0.219. The van der Waals surface area contributed by atoms with Crippen molar-refractivity contribution in [2.24, 2.45) is 0 Å². The highest BCUT2D eigenvalue weighted by Gasteiger charge is 2.31. The van der Waals surface area contributed by atoms with E-state index in [9.17, 15) is 10.1 Å². The van der Waals surface area contributed by atoms with Crippen LogP contribution in [0.2, 0.25) is 0 Å². The van der Waals surface area contributed by atoms with Crippen LogP contribution >= 0.6 is 23.5 Å². The molecule has 0 spiro atoms. The fourth-order valence-electron chi connectivity index (χ4n) is 4.84. The number of nitriles is 1. The molecule has 0 bridgehead atoms. The van der Waals surface area contributed by atoms with Crippen molar-refractivity contribution in [2.45, 2.75) is 63.5 Å². The monoisotopic (exact) mass is 550 g/mol. The number of hydrogen-bond donors (Lipinski definition) is 1. The van der Waals surface area contributed by atoms with Crippen molar-refractivity contribution in [1.82, 2.24) is 15.3 Å². The molecule has 1 amide bonds. The fraction of sp³-hybridized carbons (Fsp3) is 0.357. The average molecular weight is 551 g/mol. The molecule has 2 aromatic carbocycles. The van der Waals surface area contributed by atoms with Crippen molar-refractivity contribution >= 4 is 46.1 Å². The topological polar surface area (TPSA) is 97.1 Å². The number of nitrogens with one attached hydrogen (secondary N) is 1. The van der Waals surface area contributed by atoms with E-state index in [1.807, 2.05) is 20.0 Å². The summed E-state index contributed by atoms with van der Waals surface area (Å²) in [4.78, 5) is 22.3. The summed E-state index contributed by atoms with van der Waals surface area (Å²) < 4.78 is 26.4. The van der Waals surface area contributed by atoms with Crippen LogP contribution in [-0.2, 0) is 22.7 Å². The van der Waals surface area contributed by atoms with E-state index in [-0.39, 0.29) is 11.3 Å². The third-order valence-electron chi connectivity index (χ3n) is 6.31. The van der Waals surface area contributed by atoms with Gasteiger partial charge in [-0.2, -0.15) is 5.26 Å². The Bertz CT molecular complexity index is 1560. The van der Waals surface area contributed by atoms with Crippen LogP contribution in [0.5, 0.6) is 0 Å². The normalized spacial score (nSPS) is 14.8. The fourth-order valence-corrected chi connectivity index (χ4v) is 6.45. The third-order valence-corrected chi connectivity index (χ3v) is 8.17. The SMILES string of the molecule is CCSc1ncc2c3c(c(-c4ccc(F)c5c4C(C#N)=C(NC(=O)OC(C)(C)C)CS5)c(C)c2n1)COC3. The Hall–Kier alpha value is -3.13. The number of aryl methyl sites for hydroxylation is 1. The number of rotatable bonds is 4. The van der Waals surface area contributed by atoms with Gasteiger partial charge >= 0.3 is 6.09 Å². The highest BCUT2D eigenvalue weighted by Crippen LogP contribution is 2.47. The first-order valence-electron chi connectivity index (χ1n) is 12.2. The zero-order valence-corrected chi connectivity index (χ0v) is 23.5. The molecule has 3 aromatic rings. The van der Waals surface area contributed by atoms with Crippen LogP contribution in [0.25, 0.3) is 27.6 Å². The van der Waals surface area contributed by atoms with Gasteiger partial charge in [-0.25, -0.2) is 19.2 Å². The number of amides is 1. The Morgan fingerprint density at radius 3 is 2.76 bits per heavy atom. The molecular formula is C28H27FN4O3S2. The lowest BCUT2D eigenvalue weighted by atomic mass is 9.85. The number of carbonyl (C=O) groups is 1. The van der Waals surface area contributed by atoms with Crippen molar-refractivity contribution in [3.05, 3.63) is 52.1 Å². The predicted octanol–water partition coefficient (Wildman–Crippen LogP) is 6.75. The van der Waals surface area contributed by atoms with Crippen LogP contribution in [0.4, 0.5) is 9.18 Å². The first-order valence-corrected chi connectivity index (χ1v) is 14.2. The Morgan fingerprint density at radius 2 is 2.05 bits per heavy atom. The van der Waals surface area contributed by atoms with Crippen molar-refractivity contribution in [3.8, 4) is 17.2 Å². The molecule has 0 fully saturated rings. The number of ether oxygens (including phenoxy) is 2. The Kier molecular flexibility index (Phi) is 7.11. The van der Waals surface area contributed by atoms with Crippen LogP contribution in [0, 0.1) is 24.1 Å². The lowest BCUT2D eigenvalue weighted by Crippen LogP contribution is -2.33. The molecule has 0 atom stereocenters. The zero-order chi connectivity index (χ0) is 27.2. The molecule has 0 unspecified atom stereocenters. The van der Waals surface area contributed by atoms with Crippen molar-refractivity contribution in [1.29, 1.82) is 5.26 Å². The summed E-state index contributed by atoms with van der Waals surface area (Å²) in [5.74, 6) is 0.670. The number of nitrogens with zero attached hydrogens (tertiary/aromatic N) is 3. The first-order chi connectivity index (χ1) is 18.1. The number of allylic oxidation sites excluding steroid dienone is 1. The standard InChI is InChI=1S/C28H27FN4O3S2/c1-6-37-26-31-10-17-18-11-35-12-19(18)22(14(2)24(17)33-26)15-7-8-20(29)25-23(15)16(9-30)21(13-38-25)32-27(34)36-28(3,4)5/h7-8,10H,6,11-13H2,1-5H3,(H,32,34). The molecule has 38 heavy (non-hydrogen) atoms. The highest BCUT2D eigenvalue weighted by molar-refractivity contribution is 7.99. The van der Waals surface area contributed by atoms with Gasteiger partial charge in [0.25, 0.3) is 0 Å². The van der Waals surface area contributed by atoms with Gasteiger partial charge in [-0.1, -0.05) is 24.8 Å². The summed E-state index contributed by atoms with van der Waals surface area (Å²) in [6.07, 6.45) is 1.19. The number of aromatic nitrogens is 2. The number of fused-ring (bicyclic) bond motifs is 4. The van der Waals surface area contributed by atoms with Gasteiger partial charge in [-0.3, -0.25) is 5.32 Å². The summed E-state index contributed by atoms with van der Waals surface area (Å²) in [5, 5.41) is 14.6. The van der Waals surface area contributed by atoms with Gasteiger partial charge in [0.05, 0.1) is 29.2 Å². The maximum atomic E-state index is 15.1. The summed E-state index contributed by atoms with van der Waals surface area (Å²) in [6, 6.07) is 5.38. The van der Waals surface area contributed by atoms with E-state index in [0.29, 0.717) is 40.1 Å². The Labute approximate surface area is 229 Å². The summed E-state index contributed by atoms with van der Waals surface area (Å²) in [6.45, 7) is 10.2. The lowest BCUT2D eigenvalue weighted by molar-refractivity contribution is 0.0547. The number of thioether (sulfide) groups is 2. The van der Waals surface area contributed by atoms with E-state index in [1.165, 1.54) is 17.8 Å². The van der Waals surface area contributed by atoms with E-state index >= 15 is 4.39 Å². The average Bonchev–Trinajstić information content (AvgIpc) is 3.34. The Balaban J connectivity index is 1.75. The molecule has 0 radical (unpaired) electrons. The molecule has 5 rings (SSSR count). The van der Waals surface area contributed by atoms with E-state index in [1.54, 1.807) is 38.6 Å². The van der Waals surface area contributed by atoms with E-state index in [4.69, 9.17) is 14.5 Å². The van der Waals surface area contributed by atoms with E-state index in [0.717, 1.165) is 38.9 Å². The molecule has 2 aliphatic heterocycles. The van der Waals surface area contributed by atoms with Gasteiger partial charge in [0.1, 0.15) is 17.5 Å². The zero-order valence-electron chi connectivity index (χ0n) is 21.8. The van der Waals surface area contributed by atoms with Gasteiger partial charge in [0, 0.05) is 28.6 Å². The maximum Gasteiger partial charge on any atom is 0.411 e. The second kappa shape index (κ2) is 10.2. The van der Waals surface area contributed by atoms with Crippen LogP contribution < -0.4 is 5.32 Å². The lowest BCUT2D eigenvalue weighted by Gasteiger charge is -2.26. The molecule has 196 valence electrons. The largest absolute Gasteiger partial charge is 0.444 e. The van der Waals surface area contributed by atoms with E-state index in [2.05, 4.69) is 16.4 Å². The Morgan fingerprint density at radius 1 is 1.29 bits per heavy atom. The van der Waals surface area contributed by atoms with Crippen LogP contribution in [0.1, 0.15) is 49.9 Å². The van der Waals surface area contributed by atoms with Crippen LogP contribution in [-0.4, -0.2) is 33.2 Å². The number of hydrogen-bond acceptors (Lipinski definition) is 8. The van der Waals surface area contributed by atoms with Crippen LogP contribution in [0.15, 0.2) is 34.1 Å². The molecule has 10 heteroatoms. The number of benzene rings is 2. The molecule has 1 aromatic heterocycles. The molecule has 3 heterocycles. The number of carbonyl (C=O) groups excluding carboxylic acids is 1. The first kappa shape index (κ1) is 26.5. The molecule has 0 aliphatic carbocycles. The molecule has 0 saturated carbocycles. The number of alkyl carbamates (subject to hydrolysis) is 1. The van der Waals surface area contributed by atoms with Crippen molar-refractivity contribution < 1.29 is 18.7 Å². The summed E-state index contributed by atoms with van der Waals surface area (Å²) in [5.41, 5.74) is 5.66. The molecule has 2 aliphatic rings. The van der Waals surface area contributed by atoms with Crippen molar-refractivity contribution in [3.63, 3.8) is 0 Å². The van der Waals surface area contributed by atoms with E-state index < -0.39 is 17.5 Å². The van der Waals surface area contributed by atoms with Gasteiger partial charge in [0.15, 0.2) is 5.16 Å². The van der Waals surface area contributed by atoms with Gasteiger partial charge in [-0.05, 0) is 67.3 Å². The second-order valence-corrected chi connectivity index (χ2v) is 12.2. The molecular weight excluding hydrogens is 523 g/mol. The number of halogens is 1. The molecule has 0 saturated heterocycles. The molecule has 1 N–H and O–H groups in total. The second-order valence-electron chi connectivity index (χ2n) is 9.98. The van der Waals surface area contributed by atoms with Crippen molar-refractivity contribution in [2.75, 3.05) is 11.5 Å². The minimum Gasteiger partial charge on any atom is -0.444 e.